The maximum absolute atomic E-state index is 15.2. The van der Waals surface area contributed by atoms with Crippen molar-refractivity contribution in [1.29, 1.82) is 5.26 Å². The molecule has 0 radical (unpaired) electrons. The van der Waals surface area contributed by atoms with Gasteiger partial charge in [-0.05, 0) is 100 Å². The van der Waals surface area contributed by atoms with Crippen molar-refractivity contribution >= 4 is 62.9 Å². The van der Waals surface area contributed by atoms with E-state index in [0.29, 0.717) is 45.6 Å². The second-order valence-electron chi connectivity index (χ2n) is 14.2. The predicted octanol–water partition coefficient (Wildman–Crippen LogP) is 5.85. The van der Waals surface area contributed by atoms with Crippen molar-refractivity contribution in [1.82, 2.24) is 19.8 Å². The summed E-state index contributed by atoms with van der Waals surface area (Å²) in [5.74, 6) is 0.0656. The van der Waals surface area contributed by atoms with Gasteiger partial charge in [-0.25, -0.2) is 9.37 Å². The van der Waals surface area contributed by atoms with Crippen molar-refractivity contribution in [2.24, 2.45) is 5.92 Å². The molecule has 3 fully saturated rings. The van der Waals surface area contributed by atoms with Crippen LogP contribution < -0.4 is 20.3 Å². The third-order valence-electron chi connectivity index (χ3n) is 10.5. The minimum absolute atomic E-state index is 0.161. The number of piperidine rings is 1. The number of hydrogen-bond donors (Lipinski definition) is 1. The van der Waals surface area contributed by atoms with Crippen molar-refractivity contribution in [2.45, 2.75) is 45.7 Å². The van der Waals surface area contributed by atoms with E-state index in [0.717, 1.165) is 70.0 Å². The number of thiocarbonyl (C=S) groups is 1. The summed E-state index contributed by atoms with van der Waals surface area (Å²) >= 11 is 12.1. The summed E-state index contributed by atoms with van der Waals surface area (Å²) in [6, 6.07) is 18.8. The highest BCUT2D eigenvalue weighted by molar-refractivity contribution is 7.81. The minimum Gasteiger partial charge on any atom is -0.372 e. The fraction of sp³-hybridized carbons (Fsp3) is 0.395. The normalized spacial score (nSPS) is 18.9. The van der Waals surface area contributed by atoms with Gasteiger partial charge in [0.1, 0.15) is 22.8 Å². The molecule has 51 heavy (non-hydrogen) atoms. The van der Waals surface area contributed by atoms with Gasteiger partial charge < -0.3 is 19.7 Å². The summed E-state index contributed by atoms with van der Waals surface area (Å²) in [6.45, 7) is 12.5. The van der Waals surface area contributed by atoms with E-state index < -0.39 is 11.4 Å². The summed E-state index contributed by atoms with van der Waals surface area (Å²) in [7, 11) is 0. The number of nitriles is 1. The number of piperazine rings is 1. The molecule has 0 aliphatic carbocycles. The van der Waals surface area contributed by atoms with Crippen LogP contribution in [0.5, 0.6) is 0 Å². The molecule has 0 bridgehead atoms. The molecule has 7 rings (SSSR count). The van der Waals surface area contributed by atoms with E-state index in [-0.39, 0.29) is 22.0 Å². The van der Waals surface area contributed by atoms with Crippen LogP contribution in [0.25, 0.3) is 11.0 Å². The van der Waals surface area contributed by atoms with E-state index in [9.17, 15) is 14.9 Å². The zero-order valence-electron chi connectivity index (χ0n) is 29.0. The molecule has 4 heterocycles. The summed E-state index contributed by atoms with van der Waals surface area (Å²) < 4.78 is 15.2. The number of aromatic nitrogens is 2. The number of nitrogens with zero attached hydrogens (tertiary/aromatic N) is 7. The lowest BCUT2D eigenvalue weighted by Gasteiger charge is -2.39. The molecule has 1 aromatic heterocycles. The van der Waals surface area contributed by atoms with Crippen LogP contribution in [0.3, 0.4) is 0 Å². The summed E-state index contributed by atoms with van der Waals surface area (Å²) in [5.41, 5.74) is 3.15. The van der Waals surface area contributed by atoms with Crippen LogP contribution in [0.15, 0.2) is 59.4 Å². The third kappa shape index (κ3) is 6.71. The average molecular weight is 727 g/mol. The van der Waals surface area contributed by atoms with Crippen molar-refractivity contribution in [3.8, 4) is 6.07 Å². The molecule has 4 aromatic rings. The Bertz CT molecular complexity index is 2100. The second-order valence-corrected chi connectivity index (χ2v) is 15.0. The Morgan fingerprint density at radius 3 is 2.27 bits per heavy atom. The van der Waals surface area contributed by atoms with Crippen LogP contribution in [0.2, 0.25) is 5.02 Å². The van der Waals surface area contributed by atoms with Gasteiger partial charge in [0, 0.05) is 69.3 Å². The number of aromatic amines is 1. The highest BCUT2D eigenvalue weighted by Crippen LogP contribution is 2.38. The topological polar surface area (TPSA) is 103 Å². The number of carbonyl (C=O) groups excluding carboxylic acids is 1. The fourth-order valence-corrected chi connectivity index (χ4v) is 8.23. The Morgan fingerprint density at radius 2 is 1.61 bits per heavy atom. The number of fused-ring (bicyclic) bond motifs is 1. The molecule has 3 aromatic carbocycles. The number of carbonyl (C=O) groups is 1. The number of amides is 1. The maximum Gasteiger partial charge on any atom is 0.269 e. The molecule has 10 nitrogen and oxygen atoms in total. The monoisotopic (exact) mass is 726 g/mol. The SMILES string of the molecule is Cc1nc2ccc(CN3CCN(CC4CCN(c5ccc(N6C(=S)N(c7ccc(C#N)c(Cl)c7)C(=O)C6(C)C)cc5)CC4)CC3)c(F)c2[nH]c1=O. The molecule has 264 valence electrons. The van der Waals surface area contributed by atoms with Gasteiger partial charge in [-0.2, -0.15) is 5.26 Å². The summed E-state index contributed by atoms with van der Waals surface area (Å²) in [4.78, 5) is 43.1. The Morgan fingerprint density at radius 1 is 0.961 bits per heavy atom. The first-order valence-corrected chi connectivity index (χ1v) is 18.1. The Hall–Kier alpha value is -4.41. The van der Waals surface area contributed by atoms with Gasteiger partial charge >= 0.3 is 0 Å². The van der Waals surface area contributed by atoms with E-state index in [4.69, 9.17) is 23.8 Å². The lowest BCUT2D eigenvalue weighted by molar-refractivity contribution is -0.120. The number of aryl methyl sites for hydroxylation is 1. The number of hydrogen-bond acceptors (Lipinski definition) is 8. The van der Waals surface area contributed by atoms with Gasteiger partial charge in [-0.3, -0.25) is 19.4 Å². The van der Waals surface area contributed by atoms with Crippen LogP contribution in [0, 0.1) is 30.0 Å². The van der Waals surface area contributed by atoms with E-state index in [1.807, 2.05) is 30.9 Å². The van der Waals surface area contributed by atoms with E-state index in [1.54, 1.807) is 37.3 Å². The van der Waals surface area contributed by atoms with Crippen molar-refractivity contribution in [2.75, 3.05) is 60.5 Å². The second kappa shape index (κ2) is 14.0. The maximum atomic E-state index is 15.2. The van der Waals surface area contributed by atoms with E-state index >= 15 is 4.39 Å². The third-order valence-corrected chi connectivity index (χ3v) is 11.2. The molecule has 3 saturated heterocycles. The molecule has 0 saturated carbocycles. The summed E-state index contributed by atoms with van der Waals surface area (Å²) in [5, 5.41) is 9.90. The number of H-pyrrole nitrogens is 1. The number of benzene rings is 3. The number of nitrogens with one attached hydrogen (secondary N) is 1. The molecule has 0 unspecified atom stereocenters. The molecule has 0 atom stereocenters. The first-order valence-electron chi connectivity index (χ1n) is 17.3. The van der Waals surface area contributed by atoms with Gasteiger partial charge in [0.05, 0.1) is 21.8 Å². The molecule has 1 N–H and O–H groups in total. The average Bonchev–Trinajstić information content (AvgIpc) is 3.30. The lowest BCUT2D eigenvalue weighted by Crippen LogP contribution is -2.48. The van der Waals surface area contributed by atoms with Crippen LogP contribution in [0.4, 0.5) is 21.5 Å². The van der Waals surface area contributed by atoms with E-state index in [1.165, 1.54) is 4.90 Å². The molecular weight excluding hydrogens is 687 g/mol. The highest BCUT2D eigenvalue weighted by atomic mass is 35.5. The Balaban J connectivity index is 0.911. The molecule has 3 aliphatic rings. The molecule has 13 heteroatoms. The smallest absolute Gasteiger partial charge is 0.269 e. The fourth-order valence-electron chi connectivity index (χ4n) is 7.49. The van der Waals surface area contributed by atoms with Crippen molar-refractivity contribution in [3.05, 3.63) is 92.6 Å². The van der Waals surface area contributed by atoms with Gasteiger partial charge in [0.15, 0.2) is 10.9 Å². The van der Waals surface area contributed by atoms with Crippen LogP contribution in [0.1, 0.15) is 43.5 Å². The van der Waals surface area contributed by atoms with Crippen LogP contribution >= 0.6 is 23.8 Å². The van der Waals surface area contributed by atoms with Gasteiger partial charge in [0.2, 0.25) is 0 Å². The predicted molar refractivity (Wildman–Crippen MR) is 203 cm³/mol. The van der Waals surface area contributed by atoms with Gasteiger partial charge in [-0.15, -0.1) is 0 Å². The molecule has 3 aliphatic heterocycles. The van der Waals surface area contributed by atoms with Crippen LogP contribution in [-0.2, 0) is 11.3 Å². The standard InChI is InChI=1S/C38H40ClFN8O2S/c1-24-35(49)43-34-32(42-24)11-5-27(33(34)40)23-45-18-16-44(17-19-45)22-25-12-14-46(15-13-25)28-7-9-29(10-8-28)48-37(51)47(36(50)38(48,2)3)30-6-4-26(21-41)31(39)20-30/h4-11,20,25H,12-19,22-23H2,1-3H3,(H,43,49). The zero-order valence-corrected chi connectivity index (χ0v) is 30.5. The minimum atomic E-state index is -0.909. The highest BCUT2D eigenvalue weighted by Gasteiger charge is 2.50. The Kier molecular flexibility index (Phi) is 9.58. The first kappa shape index (κ1) is 35.0. The lowest BCUT2D eigenvalue weighted by atomic mass is 9.95. The number of rotatable bonds is 7. The van der Waals surface area contributed by atoms with Gasteiger partial charge in [0.25, 0.3) is 11.5 Å². The molecule has 0 spiro atoms. The summed E-state index contributed by atoms with van der Waals surface area (Å²) in [6.07, 6.45) is 2.21. The quantitative estimate of drug-likeness (QED) is 0.235. The van der Waals surface area contributed by atoms with Crippen molar-refractivity contribution in [3.63, 3.8) is 0 Å². The largest absolute Gasteiger partial charge is 0.372 e. The van der Waals surface area contributed by atoms with Crippen molar-refractivity contribution < 1.29 is 9.18 Å². The first-order chi connectivity index (χ1) is 24.4. The number of anilines is 3. The molecule has 1 amide bonds. The van der Waals surface area contributed by atoms with Gasteiger partial charge in [-0.1, -0.05) is 17.7 Å². The zero-order chi connectivity index (χ0) is 36.0. The van der Waals surface area contributed by atoms with Crippen LogP contribution in [-0.4, -0.2) is 82.1 Å². The molecular formula is C38H40ClFN8O2S. The van der Waals surface area contributed by atoms with E-state index in [2.05, 4.69) is 42.9 Å². The number of halogens is 2. The Labute approximate surface area is 307 Å².